The van der Waals surface area contributed by atoms with Gasteiger partial charge >= 0.3 is 0 Å². The monoisotopic (exact) mass is 401 g/mol. The van der Waals surface area contributed by atoms with E-state index in [0.29, 0.717) is 5.69 Å². The van der Waals surface area contributed by atoms with E-state index in [1.807, 2.05) is 32.0 Å². The van der Waals surface area contributed by atoms with Crippen molar-refractivity contribution in [2.75, 3.05) is 11.1 Å². The van der Waals surface area contributed by atoms with Crippen molar-refractivity contribution in [3.05, 3.63) is 81.9 Å². The minimum Gasteiger partial charge on any atom is -0.325 e. The number of carbonyl (C=O) groups excluding carboxylic acids is 1. The number of anilines is 1. The van der Waals surface area contributed by atoms with Gasteiger partial charge in [-0.1, -0.05) is 17.8 Å². The molecule has 0 fully saturated rings. The Morgan fingerprint density at radius 3 is 2.61 bits per heavy atom. The van der Waals surface area contributed by atoms with Crippen LogP contribution in [0.2, 0.25) is 0 Å². The van der Waals surface area contributed by atoms with Gasteiger partial charge in [0, 0.05) is 24.1 Å². The van der Waals surface area contributed by atoms with Crippen LogP contribution in [0.4, 0.5) is 14.5 Å². The standard InChI is InChI=1S/C20H17F2N3O2S/c1-12-3-4-14(9-13(12)2)24-18(26)11-28-19-20(27)25(8-7-23-19)15-5-6-16(21)17(22)10-15/h3-10H,11H2,1-2H3,(H,24,26). The molecule has 0 atom stereocenters. The van der Waals surface area contributed by atoms with E-state index in [0.717, 1.165) is 39.6 Å². The number of aryl methyl sites for hydroxylation is 2. The summed E-state index contributed by atoms with van der Waals surface area (Å²) in [5.41, 5.74) is 2.52. The Hall–Kier alpha value is -3.00. The van der Waals surface area contributed by atoms with Gasteiger partial charge in [-0.2, -0.15) is 0 Å². The number of amides is 1. The number of halogens is 2. The van der Waals surface area contributed by atoms with Crippen LogP contribution in [0.25, 0.3) is 5.69 Å². The molecule has 1 N–H and O–H groups in total. The number of benzene rings is 2. The first kappa shape index (κ1) is 19.8. The number of rotatable bonds is 5. The number of carbonyl (C=O) groups is 1. The van der Waals surface area contributed by atoms with Crippen LogP contribution in [0.5, 0.6) is 0 Å². The molecule has 0 aliphatic rings. The Balaban J connectivity index is 1.72. The topological polar surface area (TPSA) is 64.0 Å². The molecular weight excluding hydrogens is 384 g/mol. The molecule has 0 spiro atoms. The molecule has 0 aliphatic carbocycles. The predicted octanol–water partition coefficient (Wildman–Crippen LogP) is 3.86. The Bertz CT molecular complexity index is 1100. The number of aromatic nitrogens is 2. The fraction of sp³-hybridized carbons (Fsp3) is 0.150. The van der Waals surface area contributed by atoms with Crippen LogP contribution in [-0.4, -0.2) is 21.2 Å². The average Bonchev–Trinajstić information content (AvgIpc) is 2.66. The van der Waals surface area contributed by atoms with Gasteiger partial charge in [0.15, 0.2) is 16.7 Å². The molecule has 1 aromatic heterocycles. The van der Waals surface area contributed by atoms with Gasteiger partial charge < -0.3 is 5.32 Å². The van der Waals surface area contributed by atoms with Crippen molar-refractivity contribution in [2.24, 2.45) is 0 Å². The van der Waals surface area contributed by atoms with Crippen molar-refractivity contribution in [2.45, 2.75) is 18.9 Å². The van der Waals surface area contributed by atoms with Gasteiger partial charge in [0.2, 0.25) is 5.91 Å². The first-order valence-electron chi connectivity index (χ1n) is 8.38. The van der Waals surface area contributed by atoms with Crippen molar-refractivity contribution < 1.29 is 13.6 Å². The van der Waals surface area contributed by atoms with E-state index in [9.17, 15) is 18.4 Å². The second-order valence-electron chi connectivity index (χ2n) is 6.14. The number of nitrogens with one attached hydrogen (secondary N) is 1. The van der Waals surface area contributed by atoms with Crippen LogP contribution < -0.4 is 10.9 Å². The van der Waals surface area contributed by atoms with E-state index < -0.39 is 17.2 Å². The predicted molar refractivity (Wildman–Crippen MR) is 105 cm³/mol. The zero-order valence-corrected chi connectivity index (χ0v) is 16.0. The molecule has 5 nitrogen and oxygen atoms in total. The first-order valence-corrected chi connectivity index (χ1v) is 9.36. The van der Waals surface area contributed by atoms with Gasteiger partial charge in [0.25, 0.3) is 5.56 Å². The largest absolute Gasteiger partial charge is 0.325 e. The Labute approximate surface area is 164 Å². The van der Waals surface area contributed by atoms with Crippen molar-refractivity contribution in [3.63, 3.8) is 0 Å². The average molecular weight is 401 g/mol. The molecule has 8 heteroatoms. The lowest BCUT2D eigenvalue weighted by molar-refractivity contribution is -0.113. The van der Waals surface area contributed by atoms with E-state index in [-0.39, 0.29) is 22.4 Å². The Morgan fingerprint density at radius 1 is 1.11 bits per heavy atom. The highest BCUT2D eigenvalue weighted by molar-refractivity contribution is 7.99. The molecule has 1 heterocycles. The van der Waals surface area contributed by atoms with Gasteiger partial charge in [-0.3, -0.25) is 14.2 Å². The number of hydrogen-bond acceptors (Lipinski definition) is 4. The number of nitrogens with zero attached hydrogens (tertiary/aromatic N) is 2. The lowest BCUT2D eigenvalue weighted by Crippen LogP contribution is -2.22. The van der Waals surface area contributed by atoms with Gasteiger partial charge in [0.05, 0.1) is 11.4 Å². The maximum Gasteiger partial charge on any atom is 0.287 e. The fourth-order valence-electron chi connectivity index (χ4n) is 2.48. The molecule has 2 aromatic carbocycles. The highest BCUT2D eigenvalue weighted by Crippen LogP contribution is 2.17. The van der Waals surface area contributed by atoms with Crippen LogP contribution in [0.1, 0.15) is 11.1 Å². The van der Waals surface area contributed by atoms with Crippen molar-refractivity contribution in [3.8, 4) is 5.69 Å². The summed E-state index contributed by atoms with van der Waals surface area (Å²) in [6.07, 6.45) is 2.72. The maximum atomic E-state index is 13.4. The molecule has 3 aromatic rings. The van der Waals surface area contributed by atoms with E-state index in [1.165, 1.54) is 18.5 Å². The highest BCUT2D eigenvalue weighted by atomic mass is 32.2. The fourth-order valence-corrected chi connectivity index (χ4v) is 3.18. The van der Waals surface area contributed by atoms with Crippen LogP contribution in [0.3, 0.4) is 0 Å². The molecule has 0 saturated heterocycles. The quantitative estimate of drug-likeness (QED) is 0.660. The lowest BCUT2D eigenvalue weighted by atomic mass is 10.1. The van der Waals surface area contributed by atoms with Gasteiger partial charge in [-0.05, 0) is 49.2 Å². The maximum absolute atomic E-state index is 13.4. The zero-order valence-electron chi connectivity index (χ0n) is 15.2. The Morgan fingerprint density at radius 2 is 1.89 bits per heavy atom. The SMILES string of the molecule is Cc1ccc(NC(=O)CSc2nccn(-c3ccc(F)c(F)c3)c2=O)cc1C. The summed E-state index contributed by atoms with van der Waals surface area (Å²) in [6.45, 7) is 3.93. The molecule has 1 amide bonds. The van der Waals surface area contributed by atoms with Crippen LogP contribution in [0.15, 0.2) is 58.6 Å². The van der Waals surface area contributed by atoms with Gasteiger partial charge in [-0.25, -0.2) is 13.8 Å². The van der Waals surface area contributed by atoms with Crippen LogP contribution >= 0.6 is 11.8 Å². The summed E-state index contributed by atoms with van der Waals surface area (Å²) in [4.78, 5) is 28.7. The zero-order chi connectivity index (χ0) is 20.3. The van der Waals surface area contributed by atoms with E-state index in [1.54, 1.807) is 0 Å². The summed E-state index contributed by atoms with van der Waals surface area (Å²) in [5.74, 6) is -2.35. The second-order valence-corrected chi connectivity index (χ2v) is 7.11. The molecule has 3 rings (SSSR count). The Kier molecular flexibility index (Phi) is 5.89. The van der Waals surface area contributed by atoms with E-state index in [2.05, 4.69) is 10.3 Å². The third kappa shape index (κ3) is 4.45. The van der Waals surface area contributed by atoms with Crippen LogP contribution in [-0.2, 0) is 4.79 Å². The van der Waals surface area contributed by atoms with Crippen LogP contribution in [0, 0.1) is 25.5 Å². The minimum atomic E-state index is -1.05. The second kappa shape index (κ2) is 8.35. The molecule has 0 saturated carbocycles. The van der Waals surface area contributed by atoms with Gasteiger partial charge in [0.1, 0.15) is 0 Å². The lowest BCUT2D eigenvalue weighted by Gasteiger charge is -2.09. The molecular formula is C20H17F2N3O2S. The molecule has 144 valence electrons. The smallest absolute Gasteiger partial charge is 0.287 e. The van der Waals surface area contributed by atoms with Gasteiger partial charge in [-0.15, -0.1) is 0 Å². The summed E-state index contributed by atoms with van der Waals surface area (Å²) in [5, 5.41) is 2.86. The van der Waals surface area contributed by atoms with Crippen molar-refractivity contribution in [1.29, 1.82) is 0 Å². The summed E-state index contributed by atoms with van der Waals surface area (Å²) >= 11 is 0.974. The van der Waals surface area contributed by atoms with E-state index >= 15 is 0 Å². The van der Waals surface area contributed by atoms with E-state index in [4.69, 9.17) is 0 Å². The minimum absolute atomic E-state index is 0.0169. The summed E-state index contributed by atoms with van der Waals surface area (Å²) in [7, 11) is 0. The third-order valence-electron chi connectivity index (χ3n) is 4.12. The molecule has 28 heavy (non-hydrogen) atoms. The summed E-state index contributed by atoms with van der Waals surface area (Å²) in [6, 6.07) is 8.76. The first-order chi connectivity index (χ1) is 13.3. The number of thioether (sulfide) groups is 1. The molecule has 0 unspecified atom stereocenters. The third-order valence-corrected chi connectivity index (χ3v) is 5.08. The molecule has 0 aliphatic heterocycles. The summed E-state index contributed by atoms with van der Waals surface area (Å²) < 4.78 is 27.7. The normalized spacial score (nSPS) is 10.7. The van der Waals surface area contributed by atoms with Crippen molar-refractivity contribution in [1.82, 2.24) is 9.55 Å². The molecule has 0 radical (unpaired) electrons. The molecule has 0 bridgehead atoms. The highest BCUT2D eigenvalue weighted by Gasteiger charge is 2.12. The van der Waals surface area contributed by atoms with Crippen molar-refractivity contribution >= 4 is 23.4 Å². The number of hydrogen-bond donors (Lipinski definition) is 1.